The Balaban J connectivity index is 2.42. The molecule has 5 nitrogen and oxygen atoms in total. The van der Waals surface area contributed by atoms with E-state index in [1.165, 1.54) is 14.1 Å². The van der Waals surface area contributed by atoms with Gasteiger partial charge < -0.3 is 4.74 Å². The van der Waals surface area contributed by atoms with E-state index in [4.69, 9.17) is 16.3 Å². The van der Waals surface area contributed by atoms with Gasteiger partial charge in [0.15, 0.2) is 0 Å². The van der Waals surface area contributed by atoms with Crippen LogP contribution in [0.2, 0.25) is 5.02 Å². The molecular weight excluding hydrogens is 295 g/mol. The van der Waals surface area contributed by atoms with Crippen molar-refractivity contribution in [1.82, 2.24) is 8.61 Å². The monoisotopic (exact) mass is 306 g/mol. The highest BCUT2D eigenvalue weighted by atomic mass is 35.5. The van der Waals surface area contributed by atoms with Crippen molar-refractivity contribution in [3.05, 3.63) is 34.9 Å². The summed E-state index contributed by atoms with van der Waals surface area (Å²) in [6.45, 7) is 0.0637. The number of nitrogens with zero attached hydrogens (tertiary/aromatic N) is 2. The van der Waals surface area contributed by atoms with Crippen molar-refractivity contribution in [2.45, 2.75) is 6.61 Å². The van der Waals surface area contributed by atoms with Crippen LogP contribution < -0.4 is 0 Å². The molecule has 0 bridgehead atoms. The number of rotatable bonds is 4. The second-order valence-electron chi connectivity index (χ2n) is 3.51. The molecule has 1 aromatic rings. The summed E-state index contributed by atoms with van der Waals surface area (Å²) >= 11 is 6.32. The molecular formula is C11H12ClFN2O3S. The van der Waals surface area contributed by atoms with E-state index >= 15 is 0 Å². The Morgan fingerprint density at radius 1 is 1.26 bits per heavy atom. The standard InChI is InChI=1S/C11H12ClFN2O3S/c1-14(10(13)16)19-15(2)11(17)18-7-8-3-5-9(12)6-4-8/h3-6H,7H2,1-2H3. The number of amides is 2. The van der Waals surface area contributed by atoms with Gasteiger partial charge in [-0.15, -0.1) is 4.39 Å². The Labute approximate surface area is 119 Å². The fraction of sp³-hybridized carbons (Fsp3) is 0.273. The maximum Gasteiger partial charge on any atom is 0.421 e. The average molecular weight is 307 g/mol. The molecule has 8 heteroatoms. The first-order valence-electron chi connectivity index (χ1n) is 5.16. The summed E-state index contributed by atoms with van der Waals surface area (Å²) in [6.07, 6.45) is -2.34. The number of carbonyl (C=O) groups excluding carboxylic acids is 2. The number of hydrogen-bond donors (Lipinski definition) is 0. The fourth-order valence-electron chi connectivity index (χ4n) is 1.07. The minimum Gasteiger partial charge on any atom is -0.444 e. The molecule has 0 heterocycles. The third-order valence-electron chi connectivity index (χ3n) is 2.03. The van der Waals surface area contributed by atoms with Crippen molar-refractivity contribution in [1.29, 1.82) is 0 Å². The highest BCUT2D eigenvalue weighted by Crippen LogP contribution is 2.15. The topological polar surface area (TPSA) is 49.9 Å². The Kier molecular flexibility index (Phi) is 5.91. The number of halogens is 2. The Bertz CT molecular complexity index is 458. The van der Waals surface area contributed by atoms with Crippen LogP contribution >= 0.6 is 23.7 Å². The second-order valence-corrected chi connectivity index (χ2v) is 5.21. The van der Waals surface area contributed by atoms with Gasteiger partial charge >= 0.3 is 12.3 Å². The maximum absolute atomic E-state index is 12.3. The highest BCUT2D eigenvalue weighted by molar-refractivity contribution is 7.95. The van der Waals surface area contributed by atoms with Crippen molar-refractivity contribution >= 4 is 36.0 Å². The predicted molar refractivity (Wildman–Crippen MR) is 71.3 cm³/mol. The third-order valence-corrected chi connectivity index (χ3v) is 3.06. The van der Waals surface area contributed by atoms with E-state index in [1.807, 2.05) is 0 Å². The van der Waals surface area contributed by atoms with Gasteiger partial charge in [0.25, 0.3) is 0 Å². The number of carbonyl (C=O) groups is 2. The molecule has 0 unspecified atom stereocenters. The van der Waals surface area contributed by atoms with E-state index in [0.29, 0.717) is 21.5 Å². The lowest BCUT2D eigenvalue weighted by atomic mass is 10.2. The van der Waals surface area contributed by atoms with Crippen molar-refractivity contribution in [3.63, 3.8) is 0 Å². The molecule has 0 aliphatic rings. The van der Waals surface area contributed by atoms with Crippen molar-refractivity contribution in [2.24, 2.45) is 0 Å². The van der Waals surface area contributed by atoms with E-state index in [9.17, 15) is 14.0 Å². The van der Waals surface area contributed by atoms with Gasteiger partial charge in [-0.25, -0.2) is 18.2 Å². The van der Waals surface area contributed by atoms with Crippen LogP contribution in [0.5, 0.6) is 0 Å². The summed E-state index contributed by atoms with van der Waals surface area (Å²) in [4.78, 5) is 21.9. The molecule has 0 radical (unpaired) electrons. The maximum atomic E-state index is 12.3. The molecule has 0 aliphatic heterocycles. The van der Waals surface area contributed by atoms with Crippen LogP contribution in [-0.4, -0.2) is 35.0 Å². The van der Waals surface area contributed by atoms with Crippen molar-refractivity contribution < 1.29 is 18.7 Å². The molecule has 0 aromatic heterocycles. The van der Waals surface area contributed by atoms with Gasteiger partial charge in [0, 0.05) is 19.1 Å². The number of benzene rings is 1. The van der Waals surface area contributed by atoms with Crippen LogP contribution in [0.3, 0.4) is 0 Å². The smallest absolute Gasteiger partial charge is 0.421 e. The molecule has 2 amide bonds. The van der Waals surface area contributed by atoms with Crippen LogP contribution in [0.4, 0.5) is 14.0 Å². The van der Waals surface area contributed by atoms with Crippen molar-refractivity contribution in [2.75, 3.05) is 14.1 Å². The lowest BCUT2D eigenvalue weighted by Crippen LogP contribution is -2.27. The normalized spacial score (nSPS) is 9.89. The fourth-order valence-corrected chi connectivity index (χ4v) is 1.74. The molecule has 0 spiro atoms. The average Bonchev–Trinajstić information content (AvgIpc) is 2.37. The van der Waals surface area contributed by atoms with Crippen LogP contribution in [0.1, 0.15) is 5.56 Å². The molecule has 0 saturated heterocycles. The minimum atomic E-state index is -1.65. The quantitative estimate of drug-likeness (QED) is 0.485. The number of ether oxygens (including phenoxy) is 1. The minimum absolute atomic E-state index is 0.0637. The summed E-state index contributed by atoms with van der Waals surface area (Å²) in [5.74, 6) is 0. The Morgan fingerprint density at radius 2 is 1.84 bits per heavy atom. The van der Waals surface area contributed by atoms with Crippen LogP contribution in [-0.2, 0) is 11.3 Å². The first-order valence-corrected chi connectivity index (χ1v) is 6.27. The van der Waals surface area contributed by atoms with Gasteiger partial charge in [0.05, 0.1) is 12.1 Å². The number of hydrogen-bond acceptors (Lipinski definition) is 4. The molecule has 0 fully saturated rings. The first-order chi connectivity index (χ1) is 8.90. The predicted octanol–water partition coefficient (Wildman–Crippen LogP) is 3.49. The van der Waals surface area contributed by atoms with Gasteiger partial charge in [0.2, 0.25) is 0 Å². The van der Waals surface area contributed by atoms with Gasteiger partial charge in [-0.1, -0.05) is 23.7 Å². The molecule has 0 N–H and O–H groups in total. The van der Waals surface area contributed by atoms with Gasteiger partial charge in [-0.3, -0.25) is 0 Å². The van der Waals surface area contributed by atoms with Crippen LogP contribution in [0, 0.1) is 0 Å². The largest absolute Gasteiger partial charge is 0.444 e. The zero-order valence-corrected chi connectivity index (χ0v) is 11.9. The Morgan fingerprint density at radius 3 is 2.37 bits per heavy atom. The molecule has 0 saturated carbocycles. The van der Waals surface area contributed by atoms with Crippen LogP contribution in [0.15, 0.2) is 24.3 Å². The lowest BCUT2D eigenvalue weighted by Gasteiger charge is -2.19. The highest BCUT2D eigenvalue weighted by Gasteiger charge is 2.17. The third kappa shape index (κ3) is 5.35. The summed E-state index contributed by atoms with van der Waals surface area (Å²) in [5.41, 5.74) is 0.770. The summed E-state index contributed by atoms with van der Waals surface area (Å²) < 4.78 is 18.9. The van der Waals surface area contributed by atoms with E-state index in [2.05, 4.69) is 0 Å². The zero-order valence-electron chi connectivity index (χ0n) is 10.3. The van der Waals surface area contributed by atoms with E-state index in [0.717, 1.165) is 9.87 Å². The molecule has 1 rings (SSSR count). The summed E-state index contributed by atoms with van der Waals surface area (Å²) in [7, 11) is 2.57. The van der Waals surface area contributed by atoms with E-state index in [-0.39, 0.29) is 6.61 Å². The molecule has 104 valence electrons. The second kappa shape index (κ2) is 7.20. The molecule has 0 aliphatic carbocycles. The van der Waals surface area contributed by atoms with E-state index in [1.54, 1.807) is 24.3 Å². The summed E-state index contributed by atoms with van der Waals surface area (Å²) in [5, 5.41) is 0.589. The molecule has 19 heavy (non-hydrogen) atoms. The van der Waals surface area contributed by atoms with Crippen molar-refractivity contribution in [3.8, 4) is 0 Å². The molecule has 1 aromatic carbocycles. The van der Waals surface area contributed by atoms with E-state index < -0.39 is 12.3 Å². The SMILES string of the molecule is CN(SN(C)C(=O)OCc1ccc(Cl)cc1)C(=O)F. The van der Waals surface area contributed by atoms with Gasteiger partial charge in [-0.05, 0) is 17.7 Å². The van der Waals surface area contributed by atoms with Gasteiger partial charge in [-0.2, -0.15) is 0 Å². The first kappa shape index (κ1) is 15.6. The molecule has 0 atom stereocenters. The Hall–Kier alpha value is -1.47. The van der Waals surface area contributed by atoms with Gasteiger partial charge in [0.1, 0.15) is 6.61 Å². The zero-order chi connectivity index (χ0) is 14.4. The van der Waals surface area contributed by atoms with Crippen LogP contribution in [0.25, 0.3) is 0 Å². The summed E-state index contributed by atoms with van der Waals surface area (Å²) in [6, 6.07) is 6.80. The lowest BCUT2D eigenvalue weighted by molar-refractivity contribution is 0.125.